The molecule has 3 aromatic rings. The summed E-state index contributed by atoms with van der Waals surface area (Å²) in [6.07, 6.45) is -1.10. The number of aromatic nitrogens is 1. The molecule has 29 heavy (non-hydrogen) atoms. The fraction of sp³-hybridized carbons (Fsp3) is 0.227. The lowest BCUT2D eigenvalue weighted by molar-refractivity contribution is -0.155. The minimum absolute atomic E-state index is 0.00795. The van der Waals surface area contributed by atoms with Crippen molar-refractivity contribution in [3.8, 4) is 5.75 Å². The van der Waals surface area contributed by atoms with E-state index in [0.29, 0.717) is 17.1 Å². The summed E-state index contributed by atoms with van der Waals surface area (Å²) < 4.78 is 16.0. The SMILES string of the molecule is Cc1cc(NC(=O)C(OC(=O)CCOc2ccccc2C)c2ccccc2)no1. The molecule has 7 heteroatoms. The molecule has 1 aromatic heterocycles. The van der Waals surface area contributed by atoms with Crippen LogP contribution in [0.1, 0.15) is 29.4 Å². The number of amides is 1. The van der Waals surface area contributed by atoms with Gasteiger partial charge in [-0.2, -0.15) is 0 Å². The summed E-state index contributed by atoms with van der Waals surface area (Å²) in [5, 5.41) is 6.34. The second-order valence-corrected chi connectivity index (χ2v) is 6.46. The monoisotopic (exact) mass is 394 g/mol. The maximum Gasteiger partial charge on any atom is 0.310 e. The maximum atomic E-state index is 12.7. The standard InChI is InChI=1S/C22H22N2O5/c1-15-8-6-7-11-18(15)27-13-12-20(25)28-21(17-9-4-3-5-10-17)22(26)23-19-14-16(2)29-24-19/h3-11,14,21H,12-13H2,1-2H3,(H,23,24,26). The molecule has 0 spiro atoms. The molecule has 150 valence electrons. The first kappa shape index (κ1) is 20.1. The van der Waals surface area contributed by atoms with Crippen molar-refractivity contribution in [1.82, 2.24) is 5.16 Å². The Labute approximate surface area is 168 Å². The van der Waals surface area contributed by atoms with Crippen LogP contribution in [0.2, 0.25) is 0 Å². The van der Waals surface area contributed by atoms with Crippen LogP contribution in [0.25, 0.3) is 0 Å². The third-order valence-electron chi connectivity index (χ3n) is 4.13. The summed E-state index contributed by atoms with van der Waals surface area (Å²) in [6.45, 7) is 3.79. The van der Waals surface area contributed by atoms with E-state index in [2.05, 4.69) is 10.5 Å². The first-order valence-electron chi connectivity index (χ1n) is 9.20. The molecule has 0 saturated heterocycles. The third-order valence-corrected chi connectivity index (χ3v) is 4.13. The van der Waals surface area contributed by atoms with Gasteiger partial charge in [0.15, 0.2) is 5.82 Å². The second kappa shape index (κ2) is 9.54. The number of rotatable bonds is 8. The van der Waals surface area contributed by atoms with Crippen LogP contribution in [0.5, 0.6) is 5.75 Å². The minimum Gasteiger partial charge on any atom is -0.493 e. The van der Waals surface area contributed by atoms with Crippen LogP contribution in [-0.4, -0.2) is 23.6 Å². The highest BCUT2D eigenvalue weighted by Gasteiger charge is 2.26. The van der Waals surface area contributed by atoms with Crippen molar-refractivity contribution < 1.29 is 23.6 Å². The van der Waals surface area contributed by atoms with E-state index in [-0.39, 0.29) is 18.8 Å². The molecule has 1 N–H and O–H groups in total. The fourth-order valence-electron chi connectivity index (χ4n) is 2.67. The zero-order valence-corrected chi connectivity index (χ0v) is 16.3. The predicted molar refractivity (Wildman–Crippen MR) is 106 cm³/mol. The van der Waals surface area contributed by atoms with Gasteiger partial charge in [0.05, 0.1) is 13.0 Å². The smallest absolute Gasteiger partial charge is 0.310 e. The maximum absolute atomic E-state index is 12.7. The molecular formula is C22H22N2O5. The highest BCUT2D eigenvalue weighted by atomic mass is 16.6. The van der Waals surface area contributed by atoms with Gasteiger partial charge in [-0.15, -0.1) is 0 Å². The molecule has 0 aliphatic carbocycles. The van der Waals surface area contributed by atoms with Crippen LogP contribution in [0, 0.1) is 13.8 Å². The molecule has 1 amide bonds. The van der Waals surface area contributed by atoms with Gasteiger partial charge in [-0.3, -0.25) is 9.59 Å². The van der Waals surface area contributed by atoms with Crippen LogP contribution in [0.15, 0.2) is 65.2 Å². The molecule has 3 rings (SSSR count). The van der Waals surface area contributed by atoms with Crippen LogP contribution in [-0.2, 0) is 14.3 Å². The third kappa shape index (κ3) is 5.68. The van der Waals surface area contributed by atoms with E-state index >= 15 is 0 Å². The molecular weight excluding hydrogens is 372 g/mol. The van der Waals surface area contributed by atoms with Crippen molar-refractivity contribution in [1.29, 1.82) is 0 Å². The zero-order valence-electron chi connectivity index (χ0n) is 16.3. The van der Waals surface area contributed by atoms with E-state index in [1.54, 1.807) is 37.3 Å². The van der Waals surface area contributed by atoms with E-state index in [1.807, 2.05) is 37.3 Å². The predicted octanol–water partition coefficient (Wildman–Crippen LogP) is 3.98. The Morgan fingerprint density at radius 1 is 1.07 bits per heavy atom. The molecule has 0 radical (unpaired) electrons. The molecule has 7 nitrogen and oxygen atoms in total. The summed E-state index contributed by atoms with van der Waals surface area (Å²) in [7, 11) is 0. The summed E-state index contributed by atoms with van der Waals surface area (Å²) >= 11 is 0. The highest BCUT2D eigenvalue weighted by Crippen LogP contribution is 2.21. The Kier molecular flexibility index (Phi) is 6.63. The molecule has 0 aliphatic rings. The number of hydrogen-bond acceptors (Lipinski definition) is 6. The fourth-order valence-corrected chi connectivity index (χ4v) is 2.67. The largest absolute Gasteiger partial charge is 0.493 e. The number of hydrogen-bond donors (Lipinski definition) is 1. The molecule has 1 atom stereocenters. The van der Waals surface area contributed by atoms with Gasteiger partial charge < -0.3 is 19.3 Å². The Hall–Kier alpha value is -3.61. The van der Waals surface area contributed by atoms with E-state index in [1.165, 1.54) is 0 Å². The number of anilines is 1. The van der Waals surface area contributed by atoms with Crippen molar-refractivity contribution >= 4 is 17.7 Å². The normalized spacial score (nSPS) is 11.5. The summed E-state index contributed by atoms with van der Waals surface area (Å²) in [5.74, 6) is 0.463. The van der Waals surface area contributed by atoms with Gasteiger partial charge >= 0.3 is 5.97 Å². The first-order valence-corrected chi connectivity index (χ1v) is 9.20. The average Bonchev–Trinajstić information content (AvgIpc) is 3.12. The minimum atomic E-state index is -1.11. The topological polar surface area (TPSA) is 90.7 Å². The average molecular weight is 394 g/mol. The van der Waals surface area contributed by atoms with Gasteiger partial charge in [-0.05, 0) is 25.5 Å². The molecule has 1 heterocycles. The number of nitrogens with one attached hydrogen (secondary N) is 1. The second-order valence-electron chi connectivity index (χ2n) is 6.46. The van der Waals surface area contributed by atoms with Crippen molar-refractivity contribution in [2.45, 2.75) is 26.4 Å². The van der Waals surface area contributed by atoms with Crippen LogP contribution in [0.4, 0.5) is 5.82 Å². The lowest BCUT2D eigenvalue weighted by Gasteiger charge is -2.17. The van der Waals surface area contributed by atoms with Crippen molar-refractivity contribution in [2.24, 2.45) is 0 Å². The van der Waals surface area contributed by atoms with E-state index in [0.717, 1.165) is 5.56 Å². The van der Waals surface area contributed by atoms with Crippen molar-refractivity contribution in [2.75, 3.05) is 11.9 Å². The van der Waals surface area contributed by atoms with Gasteiger partial charge in [-0.25, -0.2) is 0 Å². The number of esters is 1. The number of nitrogens with zero attached hydrogens (tertiary/aromatic N) is 1. The Bertz CT molecular complexity index is 968. The van der Waals surface area contributed by atoms with Gasteiger partial charge in [0, 0.05) is 11.6 Å². The highest BCUT2D eigenvalue weighted by molar-refractivity contribution is 5.95. The Morgan fingerprint density at radius 3 is 2.48 bits per heavy atom. The van der Waals surface area contributed by atoms with E-state index < -0.39 is 18.0 Å². The number of carbonyl (C=O) groups is 2. The van der Waals surface area contributed by atoms with Crippen molar-refractivity contribution in [3.05, 3.63) is 77.6 Å². The first-order chi connectivity index (χ1) is 14.0. The van der Waals surface area contributed by atoms with Crippen LogP contribution in [0.3, 0.4) is 0 Å². The molecule has 2 aromatic carbocycles. The van der Waals surface area contributed by atoms with Gasteiger partial charge in [0.1, 0.15) is 11.5 Å². The van der Waals surface area contributed by atoms with Gasteiger partial charge in [0.2, 0.25) is 6.10 Å². The van der Waals surface area contributed by atoms with Crippen molar-refractivity contribution in [3.63, 3.8) is 0 Å². The number of benzene rings is 2. The van der Waals surface area contributed by atoms with E-state index in [9.17, 15) is 9.59 Å². The van der Waals surface area contributed by atoms with Crippen LogP contribution < -0.4 is 10.1 Å². The van der Waals surface area contributed by atoms with Gasteiger partial charge in [-0.1, -0.05) is 53.7 Å². The summed E-state index contributed by atoms with van der Waals surface area (Å²) in [5.41, 5.74) is 1.53. The number of para-hydroxylation sites is 1. The number of ether oxygens (including phenoxy) is 2. The molecule has 0 saturated carbocycles. The Balaban J connectivity index is 1.62. The Morgan fingerprint density at radius 2 is 1.79 bits per heavy atom. The van der Waals surface area contributed by atoms with Gasteiger partial charge in [0.25, 0.3) is 5.91 Å². The lowest BCUT2D eigenvalue weighted by Crippen LogP contribution is -2.26. The zero-order chi connectivity index (χ0) is 20.6. The lowest BCUT2D eigenvalue weighted by atomic mass is 10.1. The molecule has 1 unspecified atom stereocenters. The molecule has 0 bridgehead atoms. The molecule has 0 aliphatic heterocycles. The number of aryl methyl sites for hydroxylation is 2. The quantitative estimate of drug-likeness (QED) is 0.581. The number of carbonyl (C=O) groups excluding carboxylic acids is 2. The van der Waals surface area contributed by atoms with Crippen LogP contribution >= 0.6 is 0 Å². The summed E-state index contributed by atoms with van der Waals surface area (Å²) in [4.78, 5) is 25.0. The van der Waals surface area contributed by atoms with E-state index in [4.69, 9.17) is 14.0 Å². The summed E-state index contributed by atoms with van der Waals surface area (Å²) in [6, 6.07) is 17.9. The molecule has 0 fully saturated rings.